The number of fused-ring (bicyclic) bond motifs is 1. The van der Waals surface area contributed by atoms with Crippen molar-refractivity contribution in [3.63, 3.8) is 0 Å². The summed E-state index contributed by atoms with van der Waals surface area (Å²) in [5.41, 5.74) is 1.66. The number of hydrogen-bond acceptors (Lipinski definition) is 3. The molecule has 0 atom stereocenters. The van der Waals surface area contributed by atoms with Crippen LogP contribution in [0.1, 0.15) is 5.56 Å². The van der Waals surface area contributed by atoms with Crippen molar-refractivity contribution in [2.45, 2.75) is 6.54 Å². The molecule has 3 rings (SSSR count). The number of hydrogen-bond donors (Lipinski definition) is 0. The summed E-state index contributed by atoms with van der Waals surface area (Å²) in [6, 6.07) is 9.99. The van der Waals surface area contributed by atoms with Crippen LogP contribution in [-0.4, -0.2) is 14.7 Å². The zero-order valence-corrected chi connectivity index (χ0v) is 12.2. The second-order valence-corrected chi connectivity index (χ2v) is 5.37. The molecular weight excluding hydrogens is 313 g/mol. The van der Waals surface area contributed by atoms with Gasteiger partial charge in [0.05, 0.1) is 33.2 Å². The zero-order valence-electron chi connectivity index (χ0n) is 10.7. The van der Waals surface area contributed by atoms with E-state index in [0.29, 0.717) is 22.1 Å². The van der Waals surface area contributed by atoms with Gasteiger partial charge in [0.25, 0.3) is 5.69 Å². The Kier molecular flexibility index (Phi) is 3.53. The predicted molar refractivity (Wildman–Crippen MR) is 82.0 cm³/mol. The van der Waals surface area contributed by atoms with Gasteiger partial charge in [0.15, 0.2) is 0 Å². The van der Waals surface area contributed by atoms with Crippen molar-refractivity contribution in [3.05, 3.63) is 68.3 Å². The first-order valence-electron chi connectivity index (χ1n) is 6.08. The number of benzene rings is 2. The van der Waals surface area contributed by atoms with E-state index in [2.05, 4.69) is 5.10 Å². The summed E-state index contributed by atoms with van der Waals surface area (Å²) in [6.07, 6.45) is 1.68. The summed E-state index contributed by atoms with van der Waals surface area (Å²) in [7, 11) is 0. The van der Waals surface area contributed by atoms with E-state index in [1.165, 1.54) is 12.1 Å². The maximum atomic E-state index is 10.9. The van der Waals surface area contributed by atoms with Crippen LogP contribution in [0, 0.1) is 10.1 Å². The molecule has 0 fully saturated rings. The molecule has 7 heteroatoms. The monoisotopic (exact) mass is 321 g/mol. The van der Waals surface area contributed by atoms with Crippen molar-refractivity contribution >= 4 is 39.8 Å². The van der Waals surface area contributed by atoms with Crippen molar-refractivity contribution in [2.24, 2.45) is 0 Å². The van der Waals surface area contributed by atoms with Crippen LogP contribution in [0.25, 0.3) is 10.9 Å². The summed E-state index contributed by atoms with van der Waals surface area (Å²) >= 11 is 11.9. The van der Waals surface area contributed by atoms with Crippen LogP contribution in [0.2, 0.25) is 10.0 Å². The molecule has 0 spiro atoms. The molecule has 0 aliphatic rings. The molecule has 0 bridgehead atoms. The third-order valence-corrected chi connectivity index (χ3v) is 3.89. The normalized spacial score (nSPS) is 11.0. The fourth-order valence-electron chi connectivity index (χ4n) is 2.11. The van der Waals surface area contributed by atoms with E-state index in [4.69, 9.17) is 23.2 Å². The SMILES string of the molecule is O=[N+]([O-])c1ccc2cnn(Cc3ccc(Cl)c(Cl)c3)c2c1. The Balaban J connectivity index is 2.01. The molecule has 0 saturated heterocycles. The molecule has 0 radical (unpaired) electrons. The number of aromatic nitrogens is 2. The van der Waals surface area contributed by atoms with Gasteiger partial charge in [-0.15, -0.1) is 0 Å². The van der Waals surface area contributed by atoms with Crippen LogP contribution in [0.3, 0.4) is 0 Å². The van der Waals surface area contributed by atoms with Gasteiger partial charge in [0.1, 0.15) is 0 Å². The van der Waals surface area contributed by atoms with Gasteiger partial charge in [-0.25, -0.2) is 0 Å². The van der Waals surface area contributed by atoms with Crippen molar-refractivity contribution in [1.82, 2.24) is 9.78 Å². The standard InChI is InChI=1S/C14H9Cl2N3O2/c15-12-4-1-9(5-13(12)16)8-18-14-6-11(19(20)21)3-2-10(14)7-17-18/h1-7H,8H2. The molecule has 0 aliphatic carbocycles. The van der Waals surface area contributed by atoms with E-state index >= 15 is 0 Å². The number of nitro groups is 1. The fourth-order valence-corrected chi connectivity index (χ4v) is 2.43. The Hall–Kier alpha value is -2.11. The Morgan fingerprint density at radius 3 is 2.67 bits per heavy atom. The zero-order chi connectivity index (χ0) is 15.0. The molecular formula is C14H9Cl2N3O2. The maximum absolute atomic E-state index is 10.9. The second kappa shape index (κ2) is 5.35. The van der Waals surface area contributed by atoms with Crippen LogP contribution in [0.15, 0.2) is 42.6 Å². The summed E-state index contributed by atoms with van der Waals surface area (Å²) in [5.74, 6) is 0. The number of nitro benzene ring substituents is 1. The predicted octanol–water partition coefficient (Wildman–Crippen LogP) is 4.30. The quantitative estimate of drug-likeness (QED) is 0.533. The van der Waals surface area contributed by atoms with Gasteiger partial charge in [-0.1, -0.05) is 29.3 Å². The first kappa shape index (κ1) is 13.9. The van der Waals surface area contributed by atoms with Gasteiger partial charge >= 0.3 is 0 Å². The van der Waals surface area contributed by atoms with Gasteiger partial charge in [-0.3, -0.25) is 14.8 Å². The minimum absolute atomic E-state index is 0.0402. The highest BCUT2D eigenvalue weighted by Crippen LogP contribution is 2.25. The van der Waals surface area contributed by atoms with Gasteiger partial charge in [-0.2, -0.15) is 5.10 Å². The largest absolute Gasteiger partial charge is 0.271 e. The third kappa shape index (κ3) is 2.70. The molecule has 0 N–H and O–H groups in total. The molecule has 1 heterocycles. The Morgan fingerprint density at radius 1 is 1.14 bits per heavy atom. The maximum Gasteiger partial charge on any atom is 0.271 e. The highest BCUT2D eigenvalue weighted by Gasteiger charge is 2.10. The van der Waals surface area contributed by atoms with E-state index in [9.17, 15) is 10.1 Å². The Bertz CT molecular complexity index is 845. The molecule has 0 amide bonds. The van der Waals surface area contributed by atoms with Crippen molar-refractivity contribution < 1.29 is 4.92 Å². The molecule has 3 aromatic rings. The van der Waals surface area contributed by atoms with E-state index < -0.39 is 4.92 Å². The number of halogens is 2. The van der Waals surface area contributed by atoms with Crippen molar-refractivity contribution in [2.75, 3.05) is 0 Å². The number of nitrogens with zero attached hydrogens (tertiary/aromatic N) is 3. The summed E-state index contributed by atoms with van der Waals surface area (Å²) in [6.45, 7) is 0.460. The van der Waals surface area contributed by atoms with Crippen molar-refractivity contribution in [3.8, 4) is 0 Å². The van der Waals surface area contributed by atoms with E-state index in [-0.39, 0.29) is 5.69 Å². The van der Waals surface area contributed by atoms with Gasteiger partial charge in [-0.05, 0) is 23.8 Å². The first-order chi connectivity index (χ1) is 10.0. The topological polar surface area (TPSA) is 61.0 Å². The molecule has 0 saturated carbocycles. The Labute approximate surface area is 129 Å². The second-order valence-electron chi connectivity index (χ2n) is 4.55. The summed E-state index contributed by atoms with van der Waals surface area (Å²) in [4.78, 5) is 10.4. The Morgan fingerprint density at radius 2 is 1.95 bits per heavy atom. The lowest BCUT2D eigenvalue weighted by atomic mass is 10.2. The lowest BCUT2D eigenvalue weighted by Crippen LogP contribution is -2.01. The molecule has 1 aromatic heterocycles. The number of rotatable bonds is 3. The summed E-state index contributed by atoms with van der Waals surface area (Å²) < 4.78 is 1.70. The highest BCUT2D eigenvalue weighted by atomic mass is 35.5. The minimum atomic E-state index is -0.421. The van der Waals surface area contributed by atoms with Gasteiger partial charge < -0.3 is 0 Å². The van der Waals surface area contributed by atoms with Crippen LogP contribution in [-0.2, 0) is 6.54 Å². The average Bonchev–Trinajstić information content (AvgIpc) is 2.85. The van der Waals surface area contributed by atoms with Crippen LogP contribution < -0.4 is 0 Å². The molecule has 5 nitrogen and oxygen atoms in total. The van der Waals surface area contributed by atoms with E-state index in [1.54, 1.807) is 29.1 Å². The lowest BCUT2D eigenvalue weighted by Gasteiger charge is -2.05. The molecule has 2 aromatic carbocycles. The van der Waals surface area contributed by atoms with E-state index in [1.807, 2.05) is 6.07 Å². The van der Waals surface area contributed by atoms with Crippen LogP contribution in [0.4, 0.5) is 5.69 Å². The molecule has 0 unspecified atom stereocenters. The molecule has 0 aliphatic heterocycles. The lowest BCUT2D eigenvalue weighted by molar-refractivity contribution is -0.384. The van der Waals surface area contributed by atoms with Crippen LogP contribution in [0.5, 0.6) is 0 Å². The van der Waals surface area contributed by atoms with Gasteiger partial charge in [0, 0.05) is 17.5 Å². The summed E-state index contributed by atoms with van der Waals surface area (Å²) in [5, 5.41) is 16.9. The third-order valence-electron chi connectivity index (χ3n) is 3.16. The van der Waals surface area contributed by atoms with Crippen LogP contribution >= 0.6 is 23.2 Å². The average molecular weight is 322 g/mol. The molecule has 21 heavy (non-hydrogen) atoms. The van der Waals surface area contributed by atoms with Crippen molar-refractivity contribution in [1.29, 1.82) is 0 Å². The smallest absolute Gasteiger partial charge is 0.260 e. The van der Waals surface area contributed by atoms with Gasteiger partial charge in [0.2, 0.25) is 0 Å². The minimum Gasteiger partial charge on any atom is -0.260 e. The molecule has 106 valence electrons. The van der Waals surface area contributed by atoms with E-state index in [0.717, 1.165) is 10.9 Å². The fraction of sp³-hybridized carbons (Fsp3) is 0.0714. The number of non-ortho nitro benzene ring substituents is 1. The highest BCUT2D eigenvalue weighted by molar-refractivity contribution is 6.42. The first-order valence-corrected chi connectivity index (χ1v) is 6.84.